The summed E-state index contributed by atoms with van der Waals surface area (Å²) in [6.07, 6.45) is 3.63. The minimum atomic E-state index is -0.544. The first-order chi connectivity index (χ1) is 16.7. The Kier molecular flexibility index (Phi) is 8.68. The molecule has 0 aromatic heterocycles. The molecule has 2 amide bonds. The number of esters is 1. The lowest BCUT2D eigenvalue weighted by Crippen LogP contribution is -2.40. The van der Waals surface area contributed by atoms with E-state index in [4.69, 9.17) is 9.47 Å². The Balaban J connectivity index is 1.74. The van der Waals surface area contributed by atoms with Crippen LogP contribution in [0.5, 0.6) is 0 Å². The predicted octanol–water partition coefficient (Wildman–Crippen LogP) is 4.58. The minimum absolute atomic E-state index is 0.121. The number of carbonyl (C=O) groups excluding carboxylic acids is 3. The fourth-order valence-electron chi connectivity index (χ4n) is 3.92. The van der Waals surface area contributed by atoms with Crippen molar-refractivity contribution >= 4 is 24.0 Å². The second kappa shape index (κ2) is 11.7. The number of hydrogen-bond donors (Lipinski definition) is 0. The molecule has 0 unspecified atom stereocenters. The summed E-state index contributed by atoms with van der Waals surface area (Å²) in [7, 11) is 0. The molecule has 0 atom stereocenters. The number of ether oxygens (including phenoxy) is 2. The Hall–Kier alpha value is -3.61. The van der Waals surface area contributed by atoms with Crippen molar-refractivity contribution in [1.29, 1.82) is 0 Å². The summed E-state index contributed by atoms with van der Waals surface area (Å²) in [5.41, 5.74) is 3.45. The van der Waals surface area contributed by atoms with Gasteiger partial charge in [-0.2, -0.15) is 0 Å². The Morgan fingerprint density at radius 1 is 1.06 bits per heavy atom. The van der Waals surface area contributed by atoms with Crippen LogP contribution >= 0.6 is 0 Å². The van der Waals surface area contributed by atoms with Crippen LogP contribution in [0.3, 0.4) is 0 Å². The molecule has 0 fully saturated rings. The molecule has 0 spiro atoms. The highest BCUT2D eigenvalue weighted by atomic mass is 16.6. The topological polar surface area (TPSA) is 76.2 Å². The van der Waals surface area contributed by atoms with E-state index in [2.05, 4.69) is 0 Å². The van der Waals surface area contributed by atoms with Crippen LogP contribution in [0.25, 0.3) is 6.08 Å². The molecule has 2 aromatic carbocycles. The molecule has 0 saturated heterocycles. The molecule has 0 radical (unpaired) electrons. The standard InChI is InChI=1S/C28H34N2O5/c1-5-34-26(32)20-30(18-21-10-7-6-8-11-21)25(31)15-14-22-12-9-13-23-19-29(17-16-24(22)23)27(33)35-28(2,3)4/h6-15H,5,16-20H2,1-4H3/b15-14+. The summed E-state index contributed by atoms with van der Waals surface area (Å²) in [4.78, 5) is 40.8. The molecular formula is C28H34N2O5. The van der Waals surface area contributed by atoms with Crippen LogP contribution in [-0.4, -0.2) is 53.1 Å². The zero-order chi connectivity index (χ0) is 25.4. The Morgan fingerprint density at radius 3 is 2.49 bits per heavy atom. The molecule has 35 heavy (non-hydrogen) atoms. The third-order valence-corrected chi connectivity index (χ3v) is 5.51. The molecule has 3 rings (SSSR count). The van der Waals surface area contributed by atoms with E-state index in [1.54, 1.807) is 17.9 Å². The van der Waals surface area contributed by atoms with Crippen LogP contribution in [-0.2, 0) is 38.6 Å². The molecular weight excluding hydrogens is 444 g/mol. The summed E-state index contributed by atoms with van der Waals surface area (Å²) in [6, 6.07) is 15.4. The Morgan fingerprint density at radius 2 is 1.80 bits per heavy atom. The largest absolute Gasteiger partial charge is 0.465 e. The Bertz CT molecular complexity index is 1070. The first-order valence-electron chi connectivity index (χ1n) is 11.9. The van der Waals surface area contributed by atoms with Crippen LogP contribution in [0, 0.1) is 0 Å². The van der Waals surface area contributed by atoms with Gasteiger partial charge < -0.3 is 19.3 Å². The van der Waals surface area contributed by atoms with Crippen LogP contribution in [0.15, 0.2) is 54.6 Å². The van der Waals surface area contributed by atoms with Gasteiger partial charge in [0.2, 0.25) is 5.91 Å². The van der Waals surface area contributed by atoms with E-state index in [1.807, 2.05) is 69.3 Å². The SMILES string of the molecule is CCOC(=O)CN(Cc1ccccc1)C(=O)/C=C/c1cccc2c1CCN(C(=O)OC(C)(C)C)C2. The highest BCUT2D eigenvalue weighted by Crippen LogP contribution is 2.25. The molecule has 7 heteroatoms. The van der Waals surface area contributed by atoms with E-state index in [9.17, 15) is 14.4 Å². The van der Waals surface area contributed by atoms with E-state index in [0.29, 0.717) is 26.1 Å². The average Bonchev–Trinajstić information content (AvgIpc) is 2.81. The first-order valence-corrected chi connectivity index (χ1v) is 11.9. The Labute approximate surface area is 207 Å². The fourth-order valence-corrected chi connectivity index (χ4v) is 3.92. The van der Waals surface area contributed by atoms with Crippen molar-refractivity contribution in [3.8, 4) is 0 Å². The molecule has 0 bridgehead atoms. The third kappa shape index (κ3) is 7.70. The van der Waals surface area contributed by atoms with Gasteiger partial charge >= 0.3 is 12.1 Å². The second-order valence-electron chi connectivity index (χ2n) is 9.46. The van der Waals surface area contributed by atoms with Gasteiger partial charge in [-0.05, 0) is 62.4 Å². The molecule has 2 aromatic rings. The van der Waals surface area contributed by atoms with Crippen molar-refractivity contribution in [3.63, 3.8) is 0 Å². The average molecular weight is 479 g/mol. The summed E-state index contributed by atoms with van der Waals surface area (Å²) in [5.74, 6) is -0.713. The summed E-state index contributed by atoms with van der Waals surface area (Å²) >= 11 is 0. The van der Waals surface area contributed by atoms with E-state index in [0.717, 1.165) is 22.3 Å². The lowest BCUT2D eigenvalue weighted by Gasteiger charge is -2.31. The maximum absolute atomic E-state index is 13.1. The number of fused-ring (bicyclic) bond motifs is 1. The van der Waals surface area contributed by atoms with Crippen molar-refractivity contribution in [2.45, 2.75) is 52.8 Å². The molecule has 0 saturated carbocycles. The number of carbonyl (C=O) groups is 3. The van der Waals surface area contributed by atoms with Gasteiger partial charge in [0.1, 0.15) is 12.1 Å². The molecule has 0 N–H and O–H groups in total. The number of rotatable bonds is 7. The summed E-state index contributed by atoms with van der Waals surface area (Å²) in [5, 5.41) is 0. The van der Waals surface area contributed by atoms with Crippen LogP contribution < -0.4 is 0 Å². The number of nitrogens with zero attached hydrogens (tertiary/aromatic N) is 2. The quantitative estimate of drug-likeness (QED) is 0.430. The third-order valence-electron chi connectivity index (χ3n) is 5.51. The molecule has 1 heterocycles. The molecule has 186 valence electrons. The molecule has 1 aliphatic rings. The molecule has 7 nitrogen and oxygen atoms in total. The number of hydrogen-bond acceptors (Lipinski definition) is 5. The summed E-state index contributed by atoms with van der Waals surface area (Å²) in [6.45, 7) is 8.75. The van der Waals surface area contributed by atoms with Gasteiger partial charge in [0.05, 0.1) is 6.61 Å². The fraction of sp³-hybridized carbons (Fsp3) is 0.393. The maximum atomic E-state index is 13.1. The van der Waals surface area contributed by atoms with E-state index in [-0.39, 0.29) is 25.2 Å². The smallest absolute Gasteiger partial charge is 0.410 e. The predicted molar refractivity (Wildman–Crippen MR) is 134 cm³/mol. The van der Waals surface area contributed by atoms with Crippen molar-refractivity contribution in [2.24, 2.45) is 0 Å². The van der Waals surface area contributed by atoms with Gasteiger partial charge in [-0.3, -0.25) is 9.59 Å². The van der Waals surface area contributed by atoms with Crippen molar-refractivity contribution < 1.29 is 23.9 Å². The highest BCUT2D eigenvalue weighted by molar-refractivity contribution is 5.94. The zero-order valence-electron chi connectivity index (χ0n) is 21.0. The van der Waals surface area contributed by atoms with Gasteiger partial charge in [0.15, 0.2) is 0 Å². The van der Waals surface area contributed by atoms with Gasteiger partial charge in [0, 0.05) is 25.7 Å². The van der Waals surface area contributed by atoms with Gasteiger partial charge in [-0.15, -0.1) is 0 Å². The van der Waals surface area contributed by atoms with Gasteiger partial charge in [-0.1, -0.05) is 48.5 Å². The summed E-state index contributed by atoms with van der Waals surface area (Å²) < 4.78 is 10.6. The minimum Gasteiger partial charge on any atom is -0.465 e. The molecule has 0 aliphatic carbocycles. The number of benzene rings is 2. The first kappa shape index (κ1) is 26.0. The zero-order valence-corrected chi connectivity index (χ0v) is 21.0. The van der Waals surface area contributed by atoms with Crippen molar-refractivity contribution in [1.82, 2.24) is 9.80 Å². The van der Waals surface area contributed by atoms with Crippen LogP contribution in [0.4, 0.5) is 4.79 Å². The highest BCUT2D eigenvalue weighted by Gasteiger charge is 2.26. The van der Waals surface area contributed by atoms with Crippen molar-refractivity contribution in [3.05, 3.63) is 76.9 Å². The molecule has 1 aliphatic heterocycles. The van der Waals surface area contributed by atoms with Gasteiger partial charge in [-0.25, -0.2) is 4.79 Å². The van der Waals surface area contributed by atoms with Crippen molar-refractivity contribution in [2.75, 3.05) is 19.7 Å². The van der Waals surface area contributed by atoms with Crippen LogP contribution in [0.1, 0.15) is 49.9 Å². The van der Waals surface area contributed by atoms with E-state index in [1.165, 1.54) is 11.0 Å². The van der Waals surface area contributed by atoms with E-state index < -0.39 is 11.6 Å². The second-order valence-corrected chi connectivity index (χ2v) is 9.46. The van der Waals surface area contributed by atoms with Gasteiger partial charge in [0.25, 0.3) is 0 Å². The lowest BCUT2D eigenvalue weighted by molar-refractivity contribution is -0.148. The number of amides is 2. The van der Waals surface area contributed by atoms with Crippen LogP contribution in [0.2, 0.25) is 0 Å². The van der Waals surface area contributed by atoms with E-state index >= 15 is 0 Å². The monoisotopic (exact) mass is 478 g/mol. The normalized spacial score (nSPS) is 13.3. The maximum Gasteiger partial charge on any atom is 0.410 e. The lowest BCUT2D eigenvalue weighted by atomic mass is 9.94.